The second kappa shape index (κ2) is 13.2. The summed E-state index contributed by atoms with van der Waals surface area (Å²) in [5.41, 5.74) is -3.31. The summed E-state index contributed by atoms with van der Waals surface area (Å²) < 4.78 is 40.6. The number of halogens is 8. The topological polar surface area (TPSA) is 102 Å². The molecule has 0 aliphatic carbocycles. The molecular weight excluding hydrogens is 626 g/mol. The smallest absolute Gasteiger partial charge is 0.302 e. The van der Waals surface area contributed by atoms with Crippen LogP contribution < -0.4 is 0 Å². The average Bonchev–Trinajstić information content (AvgIpc) is 2.85. The second-order valence-corrected chi connectivity index (χ2v) is 13.6. The summed E-state index contributed by atoms with van der Waals surface area (Å²) in [4.78, 5) is 18.5. The SMILES string of the molecule is O=P(O)(O)OP1(=O)OC(CC(Cl)CCl)(CC(Cl)CCl)C(CC(Cl)CCl)(CC(Cl)CCl)O1. The molecule has 1 heterocycles. The minimum Gasteiger partial charge on any atom is -0.302 e. The molecule has 2 N–H and O–H groups in total. The van der Waals surface area contributed by atoms with E-state index < -0.39 is 48.4 Å². The molecule has 0 aromatic rings. The van der Waals surface area contributed by atoms with Gasteiger partial charge in [0.25, 0.3) is 0 Å². The van der Waals surface area contributed by atoms with Crippen LogP contribution in [0.2, 0.25) is 0 Å². The highest BCUT2D eigenvalue weighted by Gasteiger charge is 2.68. The van der Waals surface area contributed by atoms with Crippen molar-refractivity contribution in [3.05, 3.63) is 0 Å². The van der Waals surface area contributed by atoms with Crippen molar-refractivity contribution in [1.82, 2.24) is 0 Å². The van der Waals surface area contributed by atoms with Gasteiger partial charge in [-0.25, -0.2) is 9.13 Å². The van der Waals surface area contributed by atoms with Crippen LogP contribution in [-0.4, -0.2) is 66.0 Å². The molecule has 0 aromatic carbocycles. The van der Waals surface area contributed by atoms with Gasteiger partial charge in [-0.2, -0.15) is 4.31 Å². The van der Waals surface area contributed by atoms with Gasteiger partial charge in [-0.1, -0.05) is 0 Å². The first-order valence-corrected chi connectivity index (χ1v) is 15.7. The third-order valence-corrected chi connectivity index (χ3v) is 10.6. The van der Waals surface area contributed by atoms with Crippen LogP contribution in [0.4, 0.5) is 0 Å². The maximum atomic E-state index is 13.3. The van der Waals surface area contributed by atoms with E-state index in [1.165, 1.54) is 0 Å². The van der Waals surface area contributed by atoms with Crippen molar-refractivity contribution in [2.45, 2.75) is 58.4 Å². The fourth-order valence-electron chi connectivity index (χ4n) is 3.49. The summed E-state index contributed by atoms with van der Waals surface area (Å²) >= 11 is 48.8. The molecule has 17 heteroatoms. The summed E-state index contributed by atoms with van der Waals surface area (Å²) in [6.07, 6.45) is -0.427. The predicted molar refractivity (Wildman–Crippen MR) is 128 cm³/mol. The summed E-state index contributed by atoms with van der Waals surface area (Å²) in [6, 6.07) is 0. The van der Waals surface area contributed by atoms with Crippen molar-refractivity contribution >= 4 is 108 Å². The van der Waals surface area contributed by atoms with Crippen molar-refractivity contribution in [1.29, 1.82) is 0 Å². The molecule has 0 spiro atoms. The van der Waals surface area contributed by atoms with E-state index in [1.54, 1.807) is 0 Å². The van der Waals surface area contributed by atoms with Crippen molar-refractivity contribution in [2.24, 2.45) is 0 Å². The van der Waals surface area contributed by atoms with E-state index in [0.29, 0.717) is 0 Å². The van der Waals surface area contributed by atoms with E-state index >= 15 is 0 Å². The molecule has 4 atom stereocenters. The normalized spacial score (nSPS) is 33.2. The number of phosphoric acid groups is 2. The van der Waals surface area contributed by atoms with Gasteiger partial charge in [-0.15, -0.1) is 92.8 Å². The molecule has 7 nitrogen and oxygen atoms in total. The third-order valence-electron chi connectivity index (χ3n) is 4.48. The van der Waals surface area contributed by atoms with Crippen molar-refractivity contribution in [2.75, 3.05) is 23.5 Å². The lowest BCUT2D eigenvalue weighted by Gasteiger charge is -2.45. The second-order valence-electron chi connectivity index (χ2n) is 7.01. The highest BCUT2D eigenvalue weighted by molar-refractivity contribution is 7.61. The highest BCUT2D eigenvalue weighted by atomic mass is 35.5. The molecule has 1 fully saturated rings. The molecule has 1 aliphatic rings. The Bertz CT molecular complexity index is 605. The van der Waals surface area contributed by atoms with Crippen LogP contribution in [-0.2, 0) is 22.5 Å². The summed E-state index contributed by atoms with van der Waals surface area (Å²) in [5, 5.41) is -3.00. The van der Waals surface area contributed by atoms with Crippen LogP contribution in [0.1, 0.15) is 25.7 Å². The minimum atomic E-state index is -5.31. The Kier molecular flexibility index (Phi) is 13.5. The minimum absolute atomic E-state index is 0.0418. The quantitative estimate of drug-likeness (QED) is 0.160. The first-order valence-electron chi connectivity index (χ1n) is 8.78. The molecule has 0 bridgehead atoms. The molecule has 1 rings (SSSR count). The maximum absolute atomic E-state index is 13.3. The Labute approximate surface area is 221 Å². The van der Waals surface area contributed by atoms with E-state index in [0.717, 1.165) is 0 Å². The van der Waals surface area contributed by atoms with Crippen LogP contribution in [0.5, 0.6) is 0 Å². The molecule has 0 amide bonds. The average molecular weight is 648 g/mol. The van der Waals surface area contributed by atoms with E-state index in [-0.39, 0.29) is 49.2 Å². The fraction of sp³-hybridized carbons (Fsp3) is 1.00. The van der Waals surface area contributed by atoms with Gasteiger partial charge in [0.2, 0.25) is 0 Å². The lowest BCUT2D eigenvalue weighted by Crippen LogP contribution is -2.57. The summed E-state index contributed by atoms with van der Waals surface area (Å²) in [7, 11) is -10.2. The van der Waals surface area contributed by atoms with Crippen LogP contribution in [0.25, 0.3) is 0 Å². The zero-order valence-corrected chi connectivity index (χ0v) is 23.7. The van der Waals surface area contributed by atoms with E-state index in [9.17, 15) is 18.9 Å². The van der Waals surface area contributed by atoms with Crippen LogP contribution in [0, 0.1) is 0 Å². The van der Waals surface area contributed by atoms with Gasteiger partial charge < -0.3 is 9.79 Å². The zero-order chi connectivity index (χ0) is 24.1. The molecule has 4 unspecified atom stereocenters. The molecule has 31 heavy (non-hydrogen) atoms. The lowest BCUT2D eigenvalue weighted by atomic mass is 9.71. The maximum Gasteiger partial charge on any atom is 0.485 e. The lowest BCUT2D eigenvalue weighted by molar-refractivity contribution is -0.0705. The summed E-state index contributed by atoms with van der Waals surface area (Å²) in [6.45, 7) is 0. The van der Waals surface area contributed by atoms with Crippen LogP contribution in [0.15, 0.2) is 0 Å². The van der Waals surface area contributed by atoms with E-state index in [4.69, 9.17) is 102 Å². The Morgan fingerprint density at radius 3 is 1.19 bits per heavy atom. The van der Waals surface area contributed by atoms with Crippen LogP contribution in [0.3, 0.4) is 0 Å². The van der Waals surface area contributed by atoms with Gasteiger partial charge in [-0.05, 0) is 25.7 Å². The molecule has 0 radical (unpaired) electrons. The number of alkyl halides is 8. The van der Waals surface area contributed by atoms with E-state index in [1.807, 2.05) is 0 Å². The third kappa shape index (κ3) is 9.19. The standard InChI is InChI=1S/C14H22Cl8O7P2/c15-5-9(19)1-13(2-10(20)6-16)14(3-11(21)7-17,4-12(22)8-18)28-31(26,27-13)29-30(23,24)25/h9-12H,1-8H2,(H2,23,24,25). The largest absolute Gasteiger partial charge is 0.485 e. The Morgan fingerprint density at radius 1 is 0.742 bits per heavy atom. The number of rotatable bonds is 14. The molecular formula is C14H22Cl8O7P2. The van der Waals surface area contributed by atoms with Gasteiger partial charge in [0.15, 0.2) is 0 Å². The van der Waals surface area contributed by atoms with Crippen molar-refractivity contribution < 1.29 is 32.3 Å². The molecule has 186 valence electrons. The van der Waals surface area contributed by atoms with Gasteiger partial charge in [0.05, 0.1) is 0 Å². The van der Waals surface area contributed by atoms with Crippen molar-refractivity contribution in [3.63, 3.8) is 0 Å². The number of hydrogen-bond donors (Lipinski definition) is 2. The molecule has 0 saturated carbocycles. The monoisotopic (exact) mass is 644 g/mol. The van der Waals surface area contributed by atoms with Gasteiger partial charge >= 0.3 is 15.6 Å². The molecule has 1 saturated heterocycles. The Morgan fingerprint density at radius 2 is 1.00 bits per heavy atom. The highest BCUT2D eigenvalue weighted by Crippen LogP contribution is 2.74. The Balaban J connectivity index is 3.71. The fourth-order valence-corrected chi connectivity index (χ4v) is 7.75. The number of phosphoric ester groups is 1. The first kappa shape index (κ1) is 31.6. The Hall–Kier alpha value is 2.58. The summed E-state index contributed by atoms with van der Waals surface area (Å²) in [5.74, 6) is -0.167. The molecule has 1 aliphatic heterocycles. The predicted octanol–water partition coefficient (Wildman–Crippen LogP) is 6.67. The first-order chi connectivity index (χ1) is 14.2. The van der Waals surface area contributed by atoms with Crippen LogP contribution >= 0.6 is 108 Å². The number of hydrogen-bond acceptors (Lipinski definition) is 5. The van der Waals surface area contributed by atoms with Gasteiger partial charge in [0, 0.05) is 45.0 Å². The van der Waals surface area contributed by atoms with Gasteiger partial charge in [-0.3, -0.25) is 9.05 Å². The molecule has 0 aromatic heterocycles. The van der Waals surface area contributed by atoms with Gasteiger partial charge in [0.1, 0.15) is 11.2 Å². The van der Waals surface area contributed by atoms with E-state index in [2.05, 4.69) is 4.31 Å². The zero-order valence-electron chi connectivity index (χ0n) is 15.8. The van der Waals surface area contributed by atoms with Crippen molar-refractivity contribution in [3.8, 4) is 0 Å².